The zero-order chi connectivity index (χ0) is 14.2. The fourth-order valence-electron chi connectivity index (χ4n) is 2.83. The third-order valence-corrected chi connectivity index (χ3v) is 3.87. The Labute approximate surface area is 122 Å². The molecule has 0 aromatic heterocycles. The second-order valence-electron chi connectivity index (χ2n) is 5.33. The molecule has 106 valence electrons. The quantitative estimate of drug-likeness (QED) is 0.745. The van der Waals surface area contributed by atoms with Crippen LogP contribution in [0.2, 0.25) is 0 Å². The third-order valence-electron chi connectivity index (χ3n) is 3.87. The molecule has 2 aromatic rings. The van der Waals surface area contributed by atoms with E-state index in [0.717, 1.165) is 28.8 Å². The summed E-state index contributed by atoms with van der Waals surface area (Å²) < 4.78 is 5.92. The number of aryl methyl sites for hydroxylation is 1. The largest absolute Gasteiger partial charge is 0.487 e. The molecular formula is C17H15NO3. The number of carbonyl (C=O) groups is 1. The van der Waals surface area contributed by atoms with E-state index < -0.39 is 0 Å². The molecule has 4 nitrogen and oxygen atoms in total. The Balaban J connectivity index is 1.82. The zero-order valence-electron chi connectivity index (χ0n) is 11.5. The highest BCUT2D eigenvalue weighted by Gasteiger charge is 2.29. The highest BCUT2D eigenvalue weighted by atomic mass is 16.7. The third kappa shape index (κ3) is 2.17. The molecule has 0 saturated heterocycles. The van der Waals surface area contributed by atoms with E-state index in [0.29, 0.717) is 25.4 Å². The fourth-order valence-corrected chi connectivity index (χ4v) is 2.83. The van der Waals surface area contributed by atoms with Crippen LogP contribution in [0.5, 0.6) is 5.75 Å². The van der Waals surface area contributed by atoms with Gasteiger partial charge in [-0.2, -0.15) is 5.06 Å². The zero-order valence-corrected chi connectivity index (χ0v) is 11.5. The number of hydrogen-bond acceptors (Lipinski definition) is 3. The maximum absolute atomic E-state index is 12.2. The number of carbonyl (C=O) groups excluding carboxylic acids is 1. The van der Waals surface area contributed by atoms with Crippen molar-refractivity contribution in [3.05, 3.63) is 59.2 Å². The molecule has 2 heterocycles. The average Bonchev–Trinajstić information content (AvgIpc) is 2.52. The van der Waals surface area contributed by atoms with Gasteiger partial charge in [0.1, 0.15) is 24.7 Å². The molecule has 0 radical (unpaired) electrons. The van der Waals surface area contributed by atoms with Crippen LogP contribution in [-0.4, -0.2) is 5.91 Å². The lowest BCUT2D eigenvalue weighted by molar-refractivity contribution is -0.127. The van der Waals surface area contributed by atoms with Gasteiger partial charge in [-0.25, -0.2) is 0 Å². The summed E-state index contributed by atoms with van der Waals surface area (Å²) in [6.07, 6.45) is 1.20. The summed E-state index contributed by atoms with van der Waals surface area (Å²) in [5, 5.41) is 1.41. The number of para-hydroxylation sites is 1. The minimum Gasteiger partial charge on any atom is -0.487 e. The number of rotatable bonds is 0. The Bertz CT molecular complexity index is 711. The van der Waals surface area contributed by atoms with Crippen molar-refractivity contribution in [2.45, 2.75) is 26.1 Å². The average molecular weight is 281 g/mol. The van der Waals surface area contributed by atoms with Gasteiger partial charge in [0.2, 0.25) is 0 Å². The first-order valence-corrected chi connectivity index (χ1v) is 7.09. The van der Waals surface area contributed by atoms with E-state index in [4.69, 9.17) is 9.57 Å². The number of anilines is 1. The Morgan fingerprint density at radius 1 is 0.952 bits per heavy atom. The molecule has 2 aliphatic heterocycles. The number of fused-ring (bicyclic) bond motifs is 2. The fraction of sp³-hybridized carbons (Fsp3) is 0.235. The summed E-state index contributed by atoms with van der Waals surface area (Å²) in [6, 6.07) is 13.9. The van der Waals surface area contributed by atoms with Gasteiger partial charge < -0.3 is 4.74 Å². The van der Waals surface area contributed by atoms with Gasteiger partial charge in [-0.05, 0) is 35.2 Å². The summed E-state index contributed by atoms with van der Waals surface area (Å²) in [5.41, 5.74) is 4.00. The monoisotopic (exact) mass is 281 g/mol. The van der Waals surface area contributed by atoms with E-state index in [-0.39, 0.29) is 5.91 Å². The Morgan fingerprint density at radius 2 is 1.76 bits per heavy atom. The summed E-state index contributed by atoms with van der Waals surface area (Å²) in [6.45, 7) is 0.875. The van der Waals surface area contributed by atoms with E-state index in [1.807, 2.05) is 42.5 Å². The van der Waals surface area contributed by atoms with E-state index in [1.165, 1.54) is 5.06 Å². The maximum atomic E-state index is 12.2. The highest BCUT2D eigenvalue weighted by molar-refractivity contribution is 5.96. The van der Waals surface area contributed by atoms with Crippen molar-refractivity contribution >= 4 is 11.6 Å². The number of hydroxylamine groups is 1. The predicted molar refractivity (Wildman–Crippen MR) is 77.8 cm³/mol. The number of hydrogen-bond donors (Lipinski definition) is 0. The molecule has 0 unspecified atom stereocenters. The van der Waals surface area contributed by atoms with Crippen LogP contribution in [0, 0.1) is 0 Å². The standard InChI is InChI=1S/C17H15NO3/c19-16-8-7-14-5-2-6-15-17(14)18(16)21-11-13-4-1-3-12(9-13)10-20-15/h1-6,9H,7-8,10-11H2. The van der Waals surface area contributed by atoms with Crippen molar-refractivity contribution in [2.24, 2.45) is 0 Å². The molecule has 0 aliphatic carbocycles. The molecule has 21 heavy (non-hydrogen) atoms. The number of nitrogens with zero attached hydrogens (tertiary/aromatic N) is 1. The normalized spacial score (nSPS) is 17.0. The van der Waals surface area contributed by atoms with Crippen molar-refractivity contribution in [3.8, 4) is 5.75 Å². The van der Waals surface area contributed by atoms with E-state index >= 15 is 0 Å². The van der Waals surface area contributed by atoms with Crippen molar-refractivity contribution in [1.82, 2.24) is 0 Å². The van der Waals surface area contributed by atoms with Gasteiger partial charge in [0.05, 0.1) is 0 Å². The summed E-state index contributed by atoms with van der Waals surface area (Å²) in [7, 11) is 0. The molecule has 2 aliphatic rings. The van der Waals surface area contributed by atoms with E-state index in [1.54, 1.807) is 0 Å². The van der Waals surface area contributed by atoms with E-state index in [2.05, 4.69) is 0 Å². The minimum absolute atomic E-state index is 0.0183. The van der Waals surface area contributed by atoms with Crippen molar-refractivity contribution in [2.75, 3.05) is 5.06 Å². The second-order valence-corrected chi connectivity index (χ2v) is 5.33. The molecule has 0 spiro atoms. The highest BCUT2D eigenvalue weighted by Crippen LogP contribution is 2.38. The van der Waals surface area contributed by atoms with Crippen molar-refractivity contribution in [1.29, 1.82) is 0 Å². The van der Waals surface area contributed by atoms with Gasteiger partial charge in [-0.1, -0.05) is 30.3 Å². The van der Waals surface area contributed by atoms with Gasteiger partial charge >= 0.3 is 0 Å². The lowest BCUT2D eigenvalue weighted by Gasteiger charge is -2.30. The first-order chi connectivity index (χ1) is 10.3. The molecule has 0 saturated carbocycles. The number of ether oxygens (including phenoxy) is 1. The maximum Gasteiger partial charge on any atom is 0.251 e. The van der Waals surface area contributed by atoms with Gasteiger partial charge in [-0.15, -0.1) is 0 Å². The smallest absolute Gasteiger partial charge is 0.251 e. The van der Waals surface area contributed by atoms with Gasteiger partial charge in [0.15, 0.2) is 0 Å². The topological polar surface area (TPSA) is 38.8 Å². The summed E-state index contributed by atoms with van der Waals surface area (Å²) in [4.78, 5) is 18.0. The van der Waals surface area contributed by atoms with Crippen LogP contribution in [0.4, 0.5) is 5.69 Å². The minimum atomic E-state index is -0.0183. The van der Waals surface area contributed by atoms with Crippen LogP contribution in [0.1, 0.15) is 23.1 Å². The lowest BCUT2D eigenvalue weighted by Crippen LogP contribution is -2.35. The summed E-state index contributed by atoms with van der Waals surface area (Å²) >= 11 is 0. The SMILES string of the molecule is O=C1CCc2cccc3c2N1OCc1cccc(c1)CO3. The first-order valence-electron chi connectivity index (χ1n) is 7.09. The molecule has 2 bridgehead atoms. The molecule has 0 atom stereocenters. The molecule has 4 heteroatoms. The van der Waals surface area contributed by atoms with Gasteiger partial charge in [0.25, 0.3) is 5.91 Å². The Hall–Kier alpha value is -2.33. The van der Waals surface area contributed by atoms with Crippen molar-refractivity contribution in [3.63, 3.8) is 0 Å². The van der Waals surface area contributed by atoms with Crippen LogP contribution in [0.25, 0.3) is 0 Å². The predicted octanol–water partition coefficient (Wildman–Crippen LogP) is 2.99. The Morgan fingerprint density at radius 3 is 2.67 bits per heavy atom. The first kappa shape index (κ1) is 12.4. The van der Waals surface area contributed by atoms with Crippen LogP contribution < -0.4 is 9.80 Å². The van der Waals surface area contributed by atoms with E-state index in [9.17, 15) is 4.79 Å². The molecule has 4 rings (SSSR count). The molecular weight excluding hydrogens is 266 g/mol. The van der Waals surface area contributed by atoms with Crippen molar-refractivity contribution < 1.29 is 14.4 Å². The molecule has 0 fully saturated rings. The van der Waals surface area contributed by atoms with Crippen LogP contribution in [-0.2, 0) is 29.3 Å². The van der Waals surface area contributed by atoms with Crippen LogP contribution in [0.3, 0.4) is 0 Å². The van der Waals surface area contributed by atoms with Gasteiger partial charge in [0, 0.05) is 6.42 Å². The number of amides is 1. The van der Waals surface area contributed by atoms with Crippen LogP contribution in [0.15, 0.2) is 42.5 Å². The Kier molecular flexibility index (Phi) is 2.89. The van der Waals surface area contributed by atoms with Crippen LogP contribution >= 0.6 is 0 Å². The second kappa shape index (κ2) is 4.90. The lowest BCUT2D eigenvalue weighted by atomic mass is 10.0. The summed E-state index contributed by atoms with van der Waals surface area (Å²) in [5.74, 6) is 0.683. The van der Waals surface area contributed by atoms with Gasteiger partial charge in [-0.3, -0.25) is 9.63 Å². The number of benzene rings is 2. The molecule has 2 aromatic carbocycles. The molecule has 1 amide bonds. The molecule has 0 N–H and O–H groups in total.